The van der Waals surface area contributed by atoms with Crippen LogP contribution in [0.2, 0.25) is 0 Å². The summed E-state index contributed by atoms with van der Waals surface area (Å²) < 4.78 is 0. The van der Waals surface area contributed by atoms with Crippen LogP contribution in [0.1, 0.15) is 23.5 Å². The molecule has 0 heterocycles. The zero-order chi connectivity index (χ0) is 38.0. The Kier molecular flexibility index (Phi) is 9.10. The van der Waals surface area contributed by atoms with E-state index in [1.807, 2.05) is 0 Å². The lowest BCUT2D eigenvalue weighted by molar-refractivity contribution is 0.867. The molecule has 0 fully saturated rings. The van der Waals surface area contributed by atoms with Gasteiger partial charge in [-0.1, -0.05) is 194 Å². The quantitative estimate of drug-likeness (QED) is 0.151. The maximum atomic E-state index is 2.37. The van der Waals surface area contributed by atoms with Crippen LogP contribution in [0.25, 0.3) is 60.5 Å². The zero-order valence-electron chi connectivity index (χ0n) is 31.7. The van der Waals surface area contributed by atoms with Crippen molar-refractivity contribution in [2.75, 3.05) is 4.90 Å². The fourth-order valence-corrected chi connectivity index (χ4v) is 8.48. The van der Waals surface area contributed by atoms with Gasteiger partial charge in [0.15, 0.2) is 0 Å². The lowest BCUT2D eigenvalue weighted by Gasteiger charge is -2.27. The Labute approximate surface area is 335 Å². The summed E-state index contributed by atoms with van der Waals surface area (Å²) in [5.41, 5.74) is 14.7. The molecule has 0 aromatic heterocycles. The number of benzene rings is 9. The van der Waals surface area contributed by atoms with Crippen LogP contribution in [-0.4, -0.2) is 0 Å². The highest BCUT2D eigenvalue weighted by atomic mass is 15.1. The van der Waals surface area contributed by atoms with Crippen molar-refractivity contribution < 1.29 is 0 Å². The minimum Gasteiger partial charge on any atom is -0.311 e. The van der Waals surface area contributed by atoms with Crippen LogP contribution in [-0.2, 0) is 0 Å². The topological polar surface area (TPSA) is 3.24 Å². The first kappa shape index (κ1) is 34.3. The second kappa shape index (κ2) is 15.1. The van der Waals surface area contributed by atoms with E-state index in [4.69, 9.17) is 0 Å². The van der Waals surface area contributed by atoms with E-state index >= 15 is 0 Å². The molecule has 270 valence electrons. The Bertz CT molecular complexity index is 2870. The summed E-state index contributed by atoms with van der Waals surface area (Å²) in [4.78, 5) is 2.37. The monoisotopic (exact) mass is 727 g/mol. The van der Waals surface area contributed by atoms with E-state index < -0.39 is 0 Å². The molecule has 1 aliphatic rings. The van der Waals surface area contributed by atoms with Crippen molar-refractivity contribution in [3.63, 3.8) is 0 Å². The Hall–Kier alpha value is -7.22. The molecule has 9 aromatic carbocycles. The third kappa shape index (κ3) is 6.86. The van der Waals surface area contributed by atoms with Crippen molar-refractivity contribution in [3.05, 3.63) is 242 Å². The molecular formula is C56H41N. The van der Waals surface area contributed by atoms with Gasteiger partial charge in [-0.3, -0.25) is 0 Å². The van der Waals surface area contributed by atoms with Crippen LogP contribution < -0.4 is 4.90 Å². The molecule has 10 rings (SSSR count). The number of rotatable bonds is 8. The largest absolute Gasteiger partial charge is 0.311 e. The van der Waals surface area contributed by atoms with Gasteiger partial charge in [0.25, 0.3) is 0 Å². The van der Waals surface area contributed by atoms with Crippen molar-refractivity contribution in [1.82, 2.24) is 0 Å². The Balaban J connectivity index is 0.969. The predicted octanol–water partition coefficient (Wildman–Crippen LogP) is 15.6. The minimum absolute atomic E-state index is 0.332. The van der Waals surface area contributed by atoms with Gasteiger partial charge in [0, 0.05) is 23.0 Å². The van der Waals surface area contributed by atoms with Gasteiger partial charge >= 0.3 is 0 Å². The molecule has 0 bridgehead atoms. The highest BCUT2D eigenvalue weighted by molar-refractivity contribution is 5.98. The second-order valence-electron chi connectivity index (χ2n) is 14.9. The van der Waals surface area contributed by atoms with Gasteiger partial charge in [0.1, 0.15) is 0 Å². The molecule has 1 atom stereocenters. The Morgan fingerprint density at radius 1 is 0.351 bits per heavy atom. The van der Waals surface area contributed by atoms with E-state index in [1.54, 1.807) is 0 Å². The average molecular weight is 728 g/mol. The molecule has 0 amide bonds. The summed E-state index contributed by atoms with van der Waals surface area (Å²) >= 11 is 0. The fraction of sp³-hybridized carbons (Fsp3) is 0.0357. The molecule has 1 nitrogen and oxygen atoms in total. The third-order valence-corrected chi connectivity index (χ3v) is 11.5. The van der Waals surface area contributed by atoms with Crippen LogP contribution >= 0.6 is 0 Å². The predicted molar refractivity (Wildman–Crippen MR) is 243 cm³/mol. The number of hydrogen-bond acceptors (Lipinski definition) is 1. The molecule has 1 heteroatoms. The van der Waals surface area contributed by atoms with Gasteiger partial charge in [-0.15, -0.1) is 0 Å². The SMILES string of the molecule is C1=CC(c2ccc(N(c3ccc(-c4ccc(-c5cccc6ccccc56)cc4)cc3)c3ccc(-c4cccc5ccccc45)cc3)cc2)CC(c2ccccc2)=C1. The molecule has 0 aliphatic heterocycles. The summed E-state index contributed by atoms with van der Waals surface area (Å²) in [6.45, 7) is 0. The number of anilines is 3. The van der Waals surface area contributed by atoms with E-state index in [0.717, 1.165) is 23.5 Å². The van der Waals surface area contributed by atoms with E-state index in [2.05, 4.69) is 235 Å². The van der Waals surface area contributed by atoms with Gasteiger partial charge in [-0.2, -0.15) is 0 Å². The minimum atomic E-state index is 0.332. The van der Waals surface area contributed by atoms with Crippen LogP contribution in [0.15, 0.2) is 231 Å². The first-order chi connectivity index (χ1) is 28.2. The van der Waals surface area contributed by atoms with Gasteiger partial charge < -0.3 is 4.90 Å². The zero-order valence-corrected chi connectivity index (χ0v) is 31.7. The average Bonchev–Trinajstić information content (AvgIpc) is 3.30. The van der Waals surface area contributed by atoms with E-state index in [9.17, 15) is 0 Å². The van der Waals surface area contributed by atoms with Gasteiger partial charge in [-0.05, 0) is 114 Å². The van der Waals surface area contributed by atoms with Crippen LogP contribution in [0, 0.1) is 0 Å². The lowest BCUT2D eigenvalue weighted by Crippen LogP contribution is -2.10. The smallest absolute Gasteiger partial charge is 0.0462 e. The van der Waals surface area contributed by atoms with Crippen LogP contribution in [0.5, 0.6) is 0 Å². The number of allylic oxidation sites excluding steroid dienone is 4. The van der Waals surface area contributed by atoms with Crippen molar-refractivity contribution >= 4 is 44.2 Å². The summed E-state index contributed by atoms with van der Waals surface area (Å²) in [6, 6.07) is 77.3. The Morgan fingerprint density at radius 2 is 0.789 bits per heavy atom. The van der Waals surface area contributed by atoms with Crippen molar-refractivity contribution in [2.24, 2.45) is 0 Å². The normalized spacial score (nSPS) is 13.8. The number of hydrogen-bond donors (Lipinski definition) is 0. The molecule has 0 spiro atoms. The van der Waals surface area contributed by atoms with E-state index in [1.165, 1.54) is 71.6 Å². The lowest BCUT2D eigenvalue weighted by atomic mass is 9.85. The number of nitrogens with zero attached hydrogens (tertiary/aromatic N) is 1. The molecule has 1 aliphatic carbocycles. The van der Waals surface area contributed by atoms with E-state index in [-0.39, 0.29) is 0 Å². The van der Waals surface area contributed by atoms with Crippen molar-refractivity contribution in [2.45, 2.75) is 12.3 Å². The Morgan fingerprint density at radius 3 is 1.35 bits per heavy atom. The van der Waals surface area contributed by atoms with Gasteiger partial charge in [0.05, 0.1) is 0 Å². The first-order valence-electron chi connectivity index (χ1n) is 19.8. The van der Waals surface area contributed by atoms with E-state index in [0.29, 0.717) is 5.92 Å². The maximum absolute atomic E-state index is 2.37. The van der Waals surface area contributed by atoms with Crippen molar-refractivity contribution in [1.29, 1.82) is 0 Å². The molecule has 0 N–H and O–H groups in total. The maximum Gasteiger partial charge on any atom is 0.0462 e. The standard InChI is InChI=1S/C56H41N/c1-2-11-40(12-3-1)48-17-8-18-49(39-48)43-29-35-51(36-30-43)57(52-37-31-47(32-38-52)56-22-10-16-45-14-5-7-20-54(45)56)50-33-27-42(28-34-50)41-23-25-46(26-24-41)55-21-9-15-44-13-4-6-19-53(44)55/h1-38,49H,39H2. The summed E-state index contributed by atoms with van der Waals surface area (Å²) in [6.07, 6.45) is 7.79. The third-order valence-electron chi connectivity index (χ3n) is 11.5. The van der Waals surface area contributed by atoms with Gasteiger partial charge in [0.2, 0.25) is 0 Å². The second-order valence-corrected chi connectivity index (χ2v) is 14.9. The molecule has 0 saturated carbocycles. The molecule has 0 radical (unpaired) electrons. The fourth-order valence-electron chi connectivity index (χ4n) is 8.48. The van der Waals surface area contributed by atoms with Gasteiger partial charge in [-0.25, -0.2) is 0 Å². The molecule has 57 heavy (non-hydrogen) atoms. The number of fused-ring (bicyclic) bond motifs is 2. The van der Waals surface area contributed by atoms with Crippen LogP contribution in [0.3, 0.4) is 0 Å². The summed E-state index contributed by atoms with van der Waals surface area (Å²) in [5.74, 6) is 0.332. The summed E-state index contributed by atoms with van der Waals surface area (Å²) in [7, 11) is 0. The summed E-state index contributed by atoms with van der Waals surface area (Å²) in [5, 5.41) is 5.06. The van der Waals surface area contributed by atoms with Crippen molar-refractivity contribution in [3.8, 4) is 33.4 Å². The highest BCUT2D eigenvalue weighted by Crippen LogP contribution is 2.40. The molecule has 1 unspecified atom stereocenters. The van der Waals surface area contributed by atoms with Crippen LogP contribution in [0.4, 0.5) is 17.1 Å². The first-order valence-corrected chi connectivity index (χ1v) is 19.8. The molecule has 0 saturated heterocycles. The highest BCUT2D eigenvalue weighted by Gasteiger charge is 2.18. The molecule has 9 aromatic rings. The molecular weight excluding hydrogens is 687 g/mol.